The number of rotatable bonds is 3. The molecule has 19 heavy (non-hydrogen) atoms. The first-order chi connectivity index (χ1) is 8.99. The minimum absolute atomic E-state index is 0.0784. The molecule has 0 heterocycles. The number of carbonyl (C=O) groups excluding carboxylic acids is 1. The van der Waals surface area contributed by atoms with Crippen molar-refractivity contribution in [2.75, 3.05) is 0 Å². The van der Waals surface area contributed by atoms with Gasteiger partial charge in [0, 0.05) is 12.0 Å². The molecule has 0 saturated heterocycles. The summed E-state index contributed by atoms with van der Waals surface area (Å²) in [4.78, 5) is 23.2. The lowest BCUT2D eigenvalue weighted by Gasteiger charge is -2.35. The van der Waals surface area contributed by atoms with Crippen molar-refractivity contribution < 1.29 is 14.7 Å². The van der Waals surface area contributed by atoms with Gasteiger partial charge < -0.3 is 10.4 Å². The summed E-state index contributed by atoms with van der Waals surface area (Å²) in [6.45, 7) is 4.46. The van der Waals surface area contributed by atoms with Gasteiger partial charge in [0.1, 0.15) is 0 Å². The highest BCUT2D eigenvalue weighted by Gasteiger charge is 2.36. The van der Waals surface area contributed by atoms with Crippen molar-refractivity contribution in [2.24, 2.45) is 23.7 Å². The van der Waals surface area contributed by atoms with Gasteiger partial charge in [-0.1, -0.05) is 26.7 Å². The van der Waals surface area contributed by atoms with Gasteiger partial charge in [0.25, 0.3) is 0 Å². The minimum Gasteiger partial charge on any atom is -0.481 e. The summed E-state index contributed by atoms with van der Waals surface area (Å²) >= 11 is 0. The van der Waals surface area contributed by atoms with Crippen molar-refractivity contribution in [3.63, 3.8) is 0 Å². The number of carbonyl (C=O) groups is 2. The van der Waals surface area contributed by atoms with Crippen molar-refractivity contribution in [1.29, 1.82) is 0 Å². The van der Waals surface area contributed by atoms with Gasteiger partial charge in [0.2, 0.25) is 5.91 Å². The van der Waals surface area contributed by atoms with Crippen LogP contribution >= 0.6 is 0 Å². The molecule has 2 fully saturated rings. The van der Waals surface area contributed by atoms with Crippen LogP contribution in [0.25, 0.3) is 0 Å². The SMILES string of the molecule is CC1CCCC(NC(=O)C2CCC(C(=O)O)C2)C1C. The molecule has 0 aromatic heterocycles. The second-order valence-electron chi connectivity index (χ2n) is 6.43. The summed E-state index contributed by atoms with van der Waals surface area (Å²) < 4.78 is 0. The topological polar surface area (TPSA) is 66.4 Å². The normalized spacial score (nSPS) is 38.9. The molecule has 0 spiro atoms. The van der Waals surface area contributed by atoms with Crippen LogP contribution in [-0.4, -0.2) is 23.0 Å². The van der Waals surface area contributed by atoms with E-state index in [0.717, 1.165) is 12.8 Å². The zero-order valence-corrected chi connectivity index (χ0v) is 11.9. The van der Waals surface area contributed by atoms with Crippen LogP contribution in [0.15, 0.2) is 0 Å². The number of carboxylic acids is 1. The lowest BCUT2D eigenvalue weighted by molar-refractivity contribution is -0.141. The van der Waals surface area contributed by atoms with Gasteiger partial charge in [0.15, 0.2) is 0 Å². The maximum atomic E-state index is 12.2. The van der Waals surface area contributed by atoms with Crippen LogP contribution in [0.5, 0.6) is 0 Å². The zero-order valence-electron chi connectivity index (χ0n) is 11.9. The Hall–Kier alpha value is -1.06. The lowest BCUT2D eigenvalue weighted by atomic mass is 9.78. The van der Waals surface area contributed by atoms with E-state index in [4.69, 9.17) is 5.11 Å². The molecule has 2 saturated carbocycles. The Kier molecular flexibility index (Phi) is 4.48. The fourth-order valence-electron chi connectivity index (χ4n) is 3.53. The smallest absolute Gasteiger partial charge is 0.306 e. The van der Waals surface area contributed by atoms with E-state index in [1.165, 1.54) is 12.8 Å². The highest BCUT2D eigenvalue weighted by molar-refractivity contribution is 5.81. The standard InChI is InChI=1S/C15H25NO3/c1-9-4-3-5-13(10(9)2)16-14(17)11-6-7-12(8-11)15(18)19/h9-13H,3-8H2,1-2H3,(H,16,17)(H,18,19). The van der Waals surface area contributed by atoms with E-state index >= 15 is 0 Å². The summed E-state index contributed by atoms with van der Waals surface area (Å²) in [6.07, 6.45) is 5.37. The fraction of sp³-hybridized carbons (Fsp3) is 0.867. The summed E-state index contributed by atoms with van der Waals surface area (Å²) in [5.41, 5.74) is 0. The summed E-state index contributed by atoms with van der Waals surface area (Å²) in [5.74, 6) is 0.0948. The van der Waals surface area contributed by atoms with E-state index < -0.39 is 5.97 Å². The van der Waals surface area contributed by atoms with Crippen molar-refractivity contribution in [3.8, 4) is 0 Å². The van der Waals surface area contributed by atoms with Crippen LogP contribution in [-0.2, 0) is 9.59 Å². The average molecular weight is 267 g/mol. The van der Waals surface area contributed by atoms with Crippen LogP contribution in [0.2, 0.25) is 0 Å². The molecule has 5 atom stereocenters. The molecular weight excluding hydrogens is 242 g/mol. The Morgan fingerprint density at radius 2 is 1.74 bits per heavy atom. The molecule has 0 bridgehead atoms. The molecule has 0 aliphatic heterocycles. The van der Waals surface area contributed by atoms with Gasteiger partial charge in [0.05, 0.1) is 5.92 Å². The van der Waals surface area contributed by atoms with Crippen LogP contribution in [0.3, 0.4) is 0 Å². The molecule has 1 amide bonds. The van der Waals surface area contributed by atoms with Gasteiger partial charge in [-0.05, 0) is 37.5 Å². The first-order valence-electron chi connectivity index (χ1n) is 7.52. The zero-order chi connectivity index (χ0) is 14.0. The molecule has 0 aromatic carbocycles. The maximum Gasteiger partial charge on any atom is 0.306 e. The molecule has 0 aromatic rings. The fourth-order valence-corrected chi connectivity index (χ4v) is 3.53. The van der Waals surface area contributed by atoms with Gasteiger partial charge >= 0.3 is 5.97 Å². The van der Waals surface area contributed by atoms with E-state index in [9.17, 15) is 9.59 Å². The Bertz CT molecular complexity index is 355. The predicted octanol–water partition coefficient (Wildman–Crippen LogP) is 2.43. The molecule has 0 radical (unpaired) electrons. The molecule has 2 aliphatic rings. The molecule has 2 aliphatic carbocycles. The number of aliphatic carboxylic acids is 1. The predicted molar refractivity (Wildman–Crippen MR) is 72.6 cm³/mol. The first kappa shape index (κ1) is 14.4. The largest absolute Gasteiger partial charge is 0.481 e. The van der Waals surface area contributed by atoms with Crippen LogP contribution in [0, 0.1) is 23.7 Å². The quantitative estimate of drug-likeness (QED) is 0.825. The van der Waals surface area contributed by atoms with E-state index in [2.05, 4.69) is 19.2 Å². The molecule has 108 valence electrons. The molecule has 5 unspecified atom stereocenters. The number of amides is 1. The third kappa shape index (κ3) is 3.28. The number of nitrogens with one attached hydrogen (secondary N) is 1. The molecule has 2 N–H and O–H groups in total. The number of hydrogen-bond acceptors (Lipinski definition) is 2. The number of carboxylic acid groups (broad SMARTS) is 1. The van der Waals surface area contributed by atoms with Crippen molar-refractivity contribution in [1.82, 2.24) is 5.32 Å². The Labute approximate surface area is 115 Å². The van der Waals surface area contributed by atoms with E-state index in [1.54, 1.807) is 0 Å². The third-order valence-corrected chi connectivity index (χ3v) is 5.19. The first-order valence-corrected chi connectivity index (χ1v) is 7.52. The summed E-state index contributed by atoms with van der Waals surface area (Å²) in [7, 11) is 0. The van der Waals surface area contributed by atoms with Gasteiger partial charge in [-0.3, -0.25) is 9.59 Å². The second kappa shape index (κ2) is 5.93. The van der Waals surface area contributed by atoms with Crippen molar-refractivity contribution >= 4 is 11.9 Å². The summed E-state index contributed by atoms with van der Waals surface area (Å²) in [5, 5.41) is 12.1. The van der Waals surface area contributed by atoms with Crippen molar-refractivity contribution in [2.45, 2.75) is 58.4 Å². The molecule has 4 heteroatoms. The highest BCUT2D eigenvalue weighted by Crippen LogP contribution is 2.33. The van der Waals surface area contributed by atoms with Crippen LogP contribution in [0.1, 0.15) is 52.4 Å². The van der Waals surface area contributed by atoms with Gasteiger partial charge in [-0.25, -0.2) is 0 Å². The molecule has 2 rings (SSSR count). The lowest BCUT2D eigenvalue weighted by Crippen LogP contribution is -2.45. The minimum atomic E-state index is -0.755. The summed E-state index contributed by atoms with van der Waals surface area (Å²) in [6, 6.07) is 0.278. The Morgan fingerprint density at radius 3 is 2.37 bits per heavy atom. The van der Waals surface area contributed by atoms with E-state index in [-0.39, 0.29) is 23.8 Å². The molecular formula is C15H25NO3. The second-order valence-corrected chi connectivity index (χ2v) is 6.43. The highest BCUT2D eigenvalue weighted by atomic mass is 16.4. The molecule has 4 nitrogen and oxygen atoms in total. The number of hydrogen-bond donors (Lipinski definition) is 2. The third-order valence-electron chi connectivity index (χ3n) is 5.19. The average Bonchev–Trinajstić information content (AvgIpc) is 2.84. The van der Waals surface area contributed by atoms with Gasteiger partial charge in [-0.2, -0.15) is 0 Å². The Balaban J connectivity index is 1.86. The van der Waals surface area contributed by atoms with E-state index in [0.29, 0.717) is 24.7 Å². The van der Waals surface area contributed by atoms with Gasteiger partial charge in [-0.15, -0.1) is 0 Å². The Morgan fingerprint density at radius 1 is 1.05 bits per heavy atom. The maximum absolute atomic E-state index is 12.2. The van der Waals surface area contributed by atoms with Crippen LogP contribution in [0.4, 0.5) is 0 Å². The monoisotopic (exact) mass is 267 g/mol. The van der Waals surface area contributed by atoms with Crippen LogP contribution < -0.4 is 5.32 Å². The van der Waals surface area contributed by atoms with E-state index in [1.807, 2.05) is 0 Å². The van der Waals surface area contributed by atoms with Crippen molar-refractivity contribution in [3.05, 3.63) is 0 Å².